The molecular weight excluding hydrogens is 603 g/mol. The second-order valence-electron chi connectivity index (χ2n) is 10.7. The molecule has 0 aliphatic rings. The number of hydrogen-bond donors (Lipinski definition) is 1. The van der Waals surface area contributed by atoms with Gasteiger partial charge in [0.05, 0.1) is 22.5 Å². The van der Waals surface area contributed by atoms with Crippen molar-refractivity contribution >= 4 is 39.1 Å². The Morgan fingerprint density at radius 3 is 2.19 bits per heavy atom. The number of benzene rings is 3. The lowest BCUT2D eigenvalue weighted by Crippen LogP contribution is -2.53. The zero-order valence-electron chi connectivity index (χ0n) is 24.4. The molecule has 3 aromatic carbocycles. The highest BCUT2D eigenvalue weighted by molar-refractivity contribution is 7.92. The van der Waals surface area contributed by atoms with E-state index in [0.29, 0.717) is 16.9 Å². The number of amides is 2. The van der Waals surface area contributed by atoms with Crippen molar-refractivity contribution in [2.45, 2.75) is 46.0 Å². The van der Waals surface area contributed by atoms with Crippen LogP contribution in [0.3, 0.4) is 0 Å². The third-order valence-corrected chi connectivity index (χ3v) is 8.25. The molecule has 7 nitrogen and oxygen atoms in total. The Balaban J connectivity index is 2.10. The van der Waals surface area contributed by atoms with Crippen LogP contribution in [-0.2, 0) is 38.8 Å². The molecule has 0 radical (unpaired) electrons. The first-order chi connectivity index (χ1) is 20.1. The first kappa shape index (κ1) is 33.9. The van der Waals surface area contributed by atoms with Gasteiger partial charge in [0.15, 0.2) is 0 Å². The van der Waals surface area contributed by atoms with Crippen LogP contribution in [0, 0.1) is 12.8 Å². The zero-order chi connectivity index (χ0) is 31.9. The molecular formula is C31H35ClF3N3O4S. The number of carbonyl (C=O) groups is 2. The molecule has 2 amide bonds. The summed E-state index contributed by atoms with van der Waals surface area (Å²) in [6.07, 6.45) is -3.93. The van der Waals surface area contributed by atoms with Gasteiger partial charge in [-0.2, -0.15) is 13.2 Å². The summed E-state index contributed by atoms with van der Waals surface area (Å²) in [5, 5.41) is 2.27. The Morgan fingerprint density at radius 1 is 0.977 bits per heavy atom. The van der Waals surface area contributed by atoms with E-state index in [1.54, 1.807) is 24.3 Å². The highest BCUT2D eigenvalue weighted by atomic mass is 35.5. The van der Waals surface area contributed by atoms with E-state index in [4.69, 9.17) is 11.6 Å². The van der Waals surface area contributed by atoms with E-state index in [1.807, 2.05) is 51.1 Å². The molecule has 0 saturated carbocycles. The van der Waals surface area contributed by atoms with E-state index in [2.05, 4.69) is 5.32 Å². The van der Waals surface area contributed by atoms with Crippen LogP contribution in [0.2, 0.25) is 5.02 Å². The molecule has 0 bridgehead atoms. The van der Waals surface area contributed by atoms with Gasteiger partial charge in [-0.1, -0.05) is 80.0 Å². The summed E-state index contributed by atoms with van der Waals surface area (Å²) in [5.41, 5.74) is 0.713. The molecule has 3 aromatic rings. The van der Waals surface area contributed by atoms with Gasteiger partial charge in [-0.15, -0.1) is 0 Å². The first-order valence-electron chi connectivity index (χ1n) is 13.6. The normalized spacial score (nSPS) is 12.6. The minimum Gasteiger partial charge on any atom is -0.354 e. The largest absolute Gasteiger partial charge is 0.417 e. The summed E-state index contributed by atoms with van der Waals surface area (Å²) in [4.78, 5) is 29.0. The molecule has 0 aliphatic carbocycles. The highest BCUT2D eigenvalue weighted by Gasteiger charge is 2.36. The zero-order valence-corrected chi connectivity index (χ0v) is 25.9. The number of aryl methyl sites for hydroxylation is 1. The van der Waals surface area contributed by atoms with E-state index < -0.39 is 51.2 Å². The number of rotatable bonds is 12. The maximum Gasteiger partial charge on any atom is 0.417 e. The van der Waals surface area contributed by atoms with Crippen molar-refractivity contribution < 1.29 is 31.2 Å². The number of hydrogen-bond acceptors (Lipinski definition) is 4. The van der Waals surface area contributed by atoms with Crippen LogP contribution in [0.25, 0.3) is 0 Å². The monoisotopic (exact) mass is 637 g/mol. The minimum absolute atomic E-state index is 0.0376. The average molecular weight is 638 g/mol. The Labute approximate surface area is 255 Å². The Hall–Kier alpha value is -3.57. The van der Waals surface area contributed by atoms with Gasteiger partial charge in [0.2, 0.25) is 21.8 Å². The standard InChI is InChI=1S/C31H35ClF3N3O4S/c1-21(2)18-36-30(40)28(16-23-11-6-5-7-12-23)37(19-24-13-9-8-10-22(24)3)29(39)20-38(43(4,41)42)25-14-15-27(32)26(17-25)31(33,34)35/h5-15,17,21,28H,16,18-20H2,1-4H3,(H,36,40)/t28-/m1/s1. The molecule has 0 saturated heterocycles. The van der Waals surface area contributed by atoms with Crippen molar-refractivity contribution in [3.8, 4) is 0 Å². The molecule has 0 aliphatic heterocycles. The van der Waals surface area contributed by atoms with Crippen molar-refractivity contribution in [2.24, 2.45) is 5.92 Å². The smallest absolute Gasteiger partial charge is 0.354 e. The van der Waals surface area contributed by atoms with Crippen molar-refractivity contribution in [1.29, 1.82) is 0 Å². The summed E-state index contributed by atoms with van der Waals surface area (Å²) < 4.78 is 67.2. The van der Waals surface area contributed by atoms with E-state index in [0.717, 1.165) is 35.1 Å². The highest BCUT2D eigenvalue weighted by Crippen LogP contribution is 2.37. The van der Waals surface area contributed by atoms with Gasteiger partial charge in [0.25, 0.3) is 0 Å². The predicted molar refractivity (Wildman–Crippen MR) is 162 cm³/mol. The van der Waals surface area contributed by atoms with Crippen LogP contribution in [0.5, 0.6) is 0 Å². The lowest BCUT2D eigenvalue weighted by Gasteiger charge is -2.34. The molecule has 0 heterocycles. The molecule has 232 valence electrons. The van der Waals surface area contributed by atoms with Gasteiger partial charge < -0.3 is 10.2 Å². The maximum absolute atomic E-state index is 14.1. The number of alkyl halides is 3. The van der Waals surface area contributed by atoms with E-state index >= 15 is 0 Å². The molecule has 1 N–H and O–H groups in total. The first-order valence-corrected chi connectivity index (χ1v) is 15.8. The molecule has 0 fully saturated rings. The maximum atomic E-state index is 14.1. The van der Waals surface area contributed by atoms with Gasteiger partial charge in [0, 0.05) is 19.5 Å². The van der Waals surface area contributed by atoms with Crippen LogP contribution in [-0.4, -0.2) is 50.5 Å². The molecule has 3 rings (SSSR count). The van der Waals surface area contributed by atoms with Crippen LogP contribution in [0.15, 0.2) is 72.8 Å². The molecule has 0 spiro atoms. The van der Waals surface area contributed by atoms with Crippen molar-refractivity contribution in [3.05, 3.63) is 100 Å². The number of nitrogens with one attached hydrogen (secondary N) is 1. The third kappa shape index (κ3) is 9.46. The number of sulfonamides is 1. The topological polar surface area (TPSA) is 86.8 Å². The second-order valence-corrected chi connectivity index (χ2v) is 13.0. The van der Waals surface area contributed by atoms with Crippen molar-refractivity contribution in [3.63, 3.8) is 0 Å². The fourth-order valence-corrected chi connectivity index (χ4v) is 5.51. The van der Waals surface area contributed by atoms with Gasteiger partial charge in [-0.05, 0) is 47.7 Å². The molecule has 12 heteroatoms. The number of halogens is 4. The fourth-order valence-electron chi connectivity index (χ4n) is 4.45. The van der Waals surface area contributed by atoms with Gasteiger partial charge >= 0.3 is 6.18 Å². The summed E-state index contributed by atoms with van der Waals surface area (Å²) in [7, 11) is -4.25. The average Bonchev–Trinajstić information content (AvgIpc) is 2.93. The SMILES string of the molecule is Cc1ccccc1CN(C(=O)CN(c1ccc(Cl)c(C(F)(F)F)c1)S(C)(=O)=O)[C@H](Cc1ccccc1)C(=O)NCC(C)C. The molecule has 0 aromatic heterocycles. The van der Waals surface area contributed by atoms with E-state index in [9.17, 15) is 31.2 Å². The summed E-state index contributed by atoms with van der Waals surface area (Å²) in [6.45, 7) is 5.16. The predicted octanol–water partition coefficient (Wildman–Crippen LogP) is 5.85. The van der Waals surface area contributed by atoms with Crippen LogP contribution in [0.4, 0.5) is 18.9 Å². The Morgan fingerprint density at radius 2 is 1.60 bits per heavy atom. The summed E-state index contributed by atoms with van der Waals surface area (Å²) in [5.74, 6) is -1.08. The lowest BCUT2D eigenvalue weighted by atomic mass is 10.0. The van der Waals surface area contributed by atoms with Crippen LogP contribution in [0.1, 0.15) is 36.1 Å². The van der Waals surface area contributed by atoms with Gasteiger partial charge in [-0.25, -0.2) is 8.42 Å². The van der Waals surface area contributed by atoms with Gasteiger partial charge in [-0.3, -0.25) is 13.9 Å². The van der Waals surface area contributed by atoms with E-state index in [1.165, 1.54) is 4.90 Å². The van der Waals surface area contributed by atoms with Crippen LogP contribution >= 0.6 is 11.6 Å². The lowest BCUT2D eigenvalue weighted by molar-refractivity contribution is -0.140. The quantitative estimate of drug-likeness (QED) is 0.270. The summed E-state index contributed by atoms with van der Waals surface area (Å²) >= 11 is 5.76. The summed E-state index contributed by atoms with van der Waals surface area (Å²) in [6, 6.07) is 17.9. The molecule has 1 atom stereocenters. The van der Waals surface area contributed by atoms with Crippen LogP contribution < -0.4 is 9.62 Å². The van der Waals surface area contributed by atoms with Crippen molar-refractivity contribution in [2.75, 3.05) is 23.7 Å². The molecule has 0 unspecified atom stereocenters. The fraction of sp³-hybridized carbons (Fsp3) is 0.355. The number of carbonyl (C=O) groups excluding carboxylic acids is 2. The number of anilines is 1. The second kappa shape index (κ2) is 14.3. The minimum atomic E-state index is -4.85. The third-order valence-electron chi connectivity index (χ3n) is 6.78. The van der Waals surface area contributed by atoms with Gasteiger partial charge in [0.1, 0.15) is 12.6 Å². The Bertz CT molecular complexity index is 1530. The Kier molecular flexibility index (Phi) is 11.3. The van der Waals surface area contributed by atoms with E-state index in [-0.39, 0.29) is 24.6 Å². The number of nitrogens with zero attached hydrogens (tertiary/aromatic N) is 2. The molecule has 43 heavy (non-hydrogen) atoms. The van der Waals surface area contributed by atoms with Crippen molar-refractivity contribution in [1.82, 2.24) is 10.2 Å².